The molecule has 0 saturated heterocycles. The van der Waals surface area contributed by atoms with E-state index in [1.165, 1.54) is 25.3 Å². The van der Waals surface area contributed by atoms with E-state index in [0.29, 0.717) is 0 Å². The van der Waals surface area contributed by atoms with Gasteiger partial charge in [0.05, 0.1) is 24.4 Å². The first-order valence-electron chi connectivity index (χ1n) is 6.04. The fourth-order valence-electron chi connectivity index (χ4n) is 1.67. The largest absolute Gasteiger partial charge is 0.465 e. The molecule has 2 rings (SSSR count). The molecule has 0 aliphatic rings. The molecule has 1 aromatic heterocycles. The van der Waals surface area contributed by atoms with Crippen LogP contribution in [-0.4, -0.2) is 23.0 Å². The van der Waals surface area contributed by atoms with Crippen molar-refractivity contribution in [2.75, 3.05) is 7.11 Å². The molecule has 0 aliphatic heterocycles. The third-order valence-electron chi connectivity index (χ3n) is 2.69. The Kier molecular flexibility index (Phi) is 4.44. The van der Waals surface area contributed by atoms with Crippen LogP contribution in [0.2, 0.25) is 0 Å². The van der Waals surface area contributed by atoms with Gasteiger partial charge >= 0.3 is 5.97 Å². The molecule has 0 radical (unpaired) electrons. The number of hydrogen-bond donors (Lipinski definition) is 0. The summed E-state index contributed by atoms with van der Waals surface area (Å²) in [5, 5.41) is 8.71. The highest BCUT2D eigenvalue weighted by molar-refractivity contribution is 5.95. The number of rotatable bonds is 4. The standard InChI is InChI=1S/C15H10FN3O3/c1-3-11-13(15(20)21-2)14(19-8-18-11)22-12-5-4-9(7-17)6-10(12)16/h3-6,8H,1H2,2H3. The van der Waals surface area contributed by atoms with Crippen molar-refractivity contribution >= 4 is 12.0 Å². The molecule has 0 bridgehead atoms. The lowest BCUT2D eigenvalue weighted by Gasteiger charge is -2.10. The van der Waals surface area contributed by atoms with Crippen molar-refractivity contribution in [2.45, 2.75) is 0 Å². The molecule has 0 fully saturated rings. The van der Waals surface area contributed by atoms with Crippen molar-refractivity contribution in [1.29, 1.82) is 5.26 Å². The van der Waals surface area contributed by atoms with Crippen LogP contribution in [0.4, 0.5) is 4.39 Å². The number of esters is 1. The summed E-state index contributed by atoms with van der Waals surface area (Å²) in [6, 6.07) is 5.47. The Bertz CT molecular complexity index is 784. The Morgan fingerprint density at radius 3 is 2.82 bits per heavy atom. The van der Waals surface area contributed by atoms with E-state index < -0.39 is 11.8 Å². The first kappa shape index (κ1) is 15.1. The summed E-state index contributed by atoms with van der Waals surface area (Å²) in [6.45, 7) is 3.53. The van der Waals surface area contributed by atoms with Crippen LogP contribution in [0, 0.1) is 17.1 Å². The van der Waals surface area contributed by atoms with E-state index in [1.54, 1.807) is 0 Å². The topological polar surface area (TPSA) is 85.1 Å². The molecule has 0 N–H and O–H groups in total. The number of carbonyl (C=O) groups excluding carboxylic acids is 1. The minimum atomic E-state index is -0.756. The average molecular weight is 299 g/mol. The van der Waals surface area contributed by atoms with Gasteiger partial charge in [-0.25, -0.2) is 19.2 Å². The number of ether oxygens (including phenoxy) is 2. The number of nitriles is 1. The lowest BCUT2D eigenvalue weighted by molar-refractivity contribution is 0.0596. The number of methoxy groups -OCH3 is 1. The highest BCUT2D eigenvalue weighted by Crippen LogP contribution is 2.28. The van der Waals surface area contributed by atoms with Crippen LogP contribution in [0.1, 0.15) is 21.6 Å². The van der Waals surface area contributed by atoms with Crippen molar-refractivity contribution in [3.05, 3.63) is 53.7 Å². The number of nitrogens with zero attached hydrogens (tertiary/aromatic N) is 3. The Morgan fingerprint density at radius 2 is 2.23 bits per heavy atom. The number of carbonyl (C=O) groups is 1. The van der Waals surface area contributed by atoms with Crippen molar-refractivity contribution in [3.8, 4) is 17.7 Å². The molecule has 7 heteroatoms. The molecule has 0 saturated carbocycles. The third-order valence-corrected chi connectivity index (χ3v) is 2.69. The van der Waals surface area contributed by atoms with Crippen molar-refractivity contribution in [1.82, 2.24) is 9.97 Å². The summed E-state index contributed by atoms with van der Waals surface area (Å²) in [6.07, 6.45) is 2.48. The van der Waals surface area contributed by atoms with E-state index in [4.69, 9.17) is 10.00 Å². The molecule has 2 aromatic rings. The smallest absolute Gasteiger partial charge is 0.345 e. The van der Waals surface area contributed by atoms with Gasteiger partial charge in [0.2, 0.25) is 5.88 Å². The second-order valence-corrected chi connectivity index (χ2v) is 3.99. The lowest BCUT2D eigenvalue weighted by atomic mass is 10.2. The lowest BCUT2D eigenvalue weighted by Crippen LogP contribution is -2.09. The maximum absolute atomic E-state index is 13.9. The number of benzene rings is 1. The van der Waals surface area contributed by atoms with Crippen LogP contribution in [0.5, 0.6) is 11.6 Å². The number of aromatic nitrogens is 2. The minimum Gasteiger partial charge on any atom is -0.465 e. The van der Waals surface area contributed by atoms with Gasteiger partial charge in [0.25, 0.3) is 0 Å². The fraction of sp³-hybridized carbons (Fsp3) is 0.0667. The summed E-state index contributed by atoms with van der Waals surface area (Å²) in [5.41, 5.74) is 0.280. The summed E-state index contributed by atoms with van der Waals surface area (Å²) in [5.74, 6) is -1.84. The van der Waals surface area contributed by atoms with Gasteiger partial charge in [0, 0.05) is 0 Å². The summed E-state index contributed by atoms with van der Waals surface area (Å²) in [4.78, 5) is 19.5. The van der Waals surface area contributed by atoms with Gasteiger partial charge in [-0.2, -0.15) is 5.26 Å². The zero-order chi connectivity index (χ0) is 16.1. The van der Waals surface area contributed by atoms with E-state index in [1.807, 2.05) is 6.07 Å². The van der Waals surface area contributed by atoms with Gasteiger partial charge in [0.15, 0.2) is 11.6 Å². The predicted molar refractivity (Wildman–Crippen MR) is 74.7 cm³/mol. The summed E-state index contributed by atoms with van der Waals surface area (Å²) >= 11 is 0. The van der Waals surface area contributed by atoms with E-state index in [-0.39, 0.29) is 28.5 Å². The van der Waals surface area contributed by atoms with Crippen LogP contribution in [0.3, 0.4) is 0 Å². The Hall–Kier alpha value is -3.27. The van der Waals surface area contributed by atoms with Crippen LogP contribution in [0.15, 0.2) is 31.1 Å². The minimum absolute atomic E-state index is 0.0660. The predicted octanol–water partition coefficient (Wildman–Crippen LogP) is 2.71. The van der Waals surface area contributed by atoms with E-state index >= 15 is 0 Å². The molecule has 1 heterocycles. The van der Waals surface area contributed by atoms with Crippen molar-refractivity contribution < 1.29 is 18.7 Å². The van der Waals surface area contributed by atoms with E-state index in [0.717, 1.165) is 12.4 Å². The van der Waals surface area contributed by atoms with E-state index in [2.05, 4.69) is 21.3 Å². The van der Waals surface area contributed by atoms with Gasteiger partial charge in [0.1, 0.15) is 11.9 Å². The number of halogens is 1. The Balaban J connectivity index is 2.48. The van der Waals surface area contributed by atoms with Crippen LogP contribution >= 0.6 is 0 Å². The molecule has 110 valence electrons. The monoisotopic (exact) mass is 299 g/mol. The molecule has 0 amide bonds. The molecule has 1 aromatic carbocycles. The molecule has 22 heavy (non-hydrogen) atoms. The zero-order valence-corrected chi connectivity index (χ0v) is 11.5. The fourth-order valence-corrected chi connectivity index (χ4v) is 1.67. The normalized spacial score (nSPS) is 9.68. The maximum atomic E-state index is 13.9. The second kappa shape index (κ2) is 6.45. The van der Waals surface area contributed by atoms with Gasteiger partial charge in [-0.1, -0.05) is 6.58 Å². The first-order valence-corrected chi connectivity index (χ1v) is 6.04. The van der Waals surface area contributed by atoms with Crippen LogP contribution in [0.25, 0.3) is 6.08 Å². The highest BCUT2D eigenvalue weighted by Gasteiger charge is 2.21. The van der Waals surface area contributed by atoms with Gasteiger partial charge < -0.3 is 9.47 Å². The summed E-state index contributed by atoms with van der Waals surface area (Å²) < 4.78 is 23.8. The van der Waals surface area contributed by atoms with Crippen molar-refractivity contribution in [3.63, 3.8) is 0 Å². The second-order valence-electron chi connectivity index (χ2n) is 3.99. The molecular formula is C15H10FN3O3. The van der Waals surface area contributed by atoms with Gasteiger partial charge in [-0.3, -0.25) is 0 Å². The first-order chi connectivity index (χ1) is 10.6. The van der Waals surface area contributed by atoms with Crippen molar-refractivity contribution in [2.24, 2.45) is 0 Å². The molecule has 0 atom stereocenters. The molecule has 0 aliphatic carbocycles. The molecular weight excluding hydrogens is 289 g/mol. The molecule has 6 nitrogen and oxygen atoms in total. The third kappa shape index (κ3) is 2.91. The Labute approximate surface area is 125 Å². The molecule has 0 spiro atoms. The quantitative estimate of drug-likeness (QED) is 0.807. The maximum Gasteiger partial charge on any atom is 0.345 e. The summed E-state index contributed by atoms with van der Waals surface area (Å²) in [7, 11) is 1.19. The average Bonchev–Trinajstić information content (AvgIpc) is 2.55. The zero-order valence-electron chi connectivity index (χ0n) is 11.5. The van der Waals surface area contributed by atoms with E-state index in [9.17, 15) is 9.18 Å². The van der Waals surface area contributed by atoms with Crippen LogP contribution in [-0.2, 0) is 4.74 Å². The van der Waals surface area contributed by atoms with Gasteiger partial charge in [-0.15, -0.1) is 0 Å². The van der Waals surface area contributed by atoms with Gasteiger partial charge in [-0.05, 0) is 24.3 Å². The van der Waals surface area contributed by atoms with Crippen LogP contribution < -0.4 is 4.74 Å². The highest BCUT2D eigenvalue weighted by atomic mass is 19.1. The SMILES string of the molecule is C=Cc1ncnc(Oc2ccc(C#N)cc2F)c1C(=O)OC. The number of hydrogen-bond acceptors (Lipinski definition) is 6. The molecule has 0 unspecified atom stereocenters. The Morgan fingerprint density at radius 1 is 1.45 bits per heavy atom.